The fourth-order valence-corrected chi connectivity index (χ4v) is 3.53. The topological polar surface area (TPSA) is 9.23 Å². The Balaban J connectivity index is 1.86. The second kappa shape index (κ2) is 10.5. The van der Waals surface area contributed by atoms with E-state index in [1.165, 1.54) is 53.5 Å². The van der Waals surface area contributed by atoms with Crippen LogP contribution in [-0.2, 0) is 0 Å². The summed E-state index contributed by atoms with van der Waals surface area (Å²) in [6.45, 7) is 7.33. The monoisotopic (exact) mass is 358 g/mol. The van der Waals surface area contributed by atoms with Crippen LogP contribution in [0.4, 0.5) is 0 Å². The van der Waals surface area contributed by atoms with E-state index in [1.54, 1.807) is 0 Å². The molecule has 2 heteroatoms. The SMILES string of the molecule is Cc1cc(OCCCCCCCCCl)ccc1-c1c(C)cccc1C. The second-order valence-corrected chi connectivity index (χ2v) is 7.28. The van der Waals surface area contributed by atoms with E-state index in [9.17, 15) is 0 Å². The van der Waals surface area contributed by atoms with Crippen LogP contribution in [0.15, 0.2) is 36.4 Å². The maximum atomic E-state index is 5.94. The standard InChI is InChI=1S/C23H31ClO/c1-18-11-10-12-19(2)23(18)22-14-13-21(17-20(22)3)25-16-9-7-5-4-6-8-15-24/h10-14,17H,4-9,15-16H2,1-3H3. The third-order valence-corrected chi connectivity index (χ3v) is 5.01. The second-order valence-electron chi connectivity index (χ2n) is 6.90. The average Bonchev–Trinajstić information content (AvgIpc) is 2.59. The van der Waals surface area contributed by atoms with Crippen molar-refractivity contribution in [2.45, 2.75) is 59.3 Å². The summed E-state index contributed by atoms with van der Waals surface area (Å²) in [5.74, 6) is 1.77. The minimum atomic E-state index is 0.792. The number of unbranched alkanes of at least 4 members (excludes halogenated alkanes) is 5. The minimum absolute atomic E-state index is 0.792. The Bertz CT molecular complexity index is 643. The van der Waals surface area contributed by atoms with Crippen LogP contribution >= 0.6 is 11.6 Å². The molecule has 0 aliphatic heterocycles. The molecule has 0 bridgehead atoms. The van der Waals surface area contributed by atoms with E-state index in [0.29, 0.717) is 0 Å². The van der Waals surface area contributed by atoms with Gasteiger partial charge in [0.1, 0.15) is 5.75 Å². The Morgan fingerprint density at radius 1 is 0.760 bits per heavy atom. The van der Waals surface area contributed by atoms with Crippen LogP contribution in [0.2, 0.25) is 0 Å². The third-order valence-electron chi connectivity index (χ3n) is 4.75. The highest BCUT2D eigenvalue weighted by atomic mass is 35.5. The van der Waals surface area contributed by atoms with Gasteiger partial charge in [-0.3, -0.25) is 0 Å². The Kier molecular flexibility index (Phi) is 8.34. The van der Waals surface area contributed by atoms with Gasteiger partial charge < -0.3 is 4.74 Å². The van der Waals surface area contributed by atoms with E-state index >= 15 is 0 Å². The van der Waals surface area contributed by atoms with Gasteiger partial charge in [0, 0.05) is 5.88 Å². The molecule has 1 nitrogen and oxygen atoms in total. The molecule has 2 rings (SSSR count). The van der Waals surface area contributed by atoms with Crippen LogP contribution in [0.1, 0.15) is 55.2 Å². The molecule has 0 fully saturated rings. The summed E-state index contributed by atoms with van der Waals surface area (Å²) in [6.07, 6.45) is 7.33. The fraction of sp³-hybridized carbons (Fsp3) is 0.478. The molecule has 0 amide bonds. The van der Waals surface area contributed by atoms with E-state index in [4.69, 9.17) is 16.3 Å². The van der Waals surface area contributed by atoms with Crippen LogP contribution in [0.5, 0.6) is 5.75 Å². The van der Waals surface area contributed by atoms with Gasteiger partial charge in [-0.05, 0) is 73.6 Å². The third kappa shape index (κ3) is 6.08. The number of rotatable bonds is 10. The first-order valence-electron chi connectivity index (χ1n) is 9.49. The van der Waals surface area contributed by atoms with E-state index < -0.39 is 0 Å². The fourth-order valence-electron chi connectivity index (χ4n) is 3.34. The molecule has 0 saturated heterocycles. The quantitative estimate of drug-likeness (QED) is 0.321. The molecule has 0 saturated carbocycles. The molecule has 0 aliphatic rings. The minimum Gasteiger partial charge on any atom is -0.494 e. The molecule has 2 aromatic rings. The molecular weight excluding hydrogens is 328 g/mol. The lowest BCUT2D eigenvalue weighted by atomic mass is 9.93. The van der Waals surface area contributed by atoms with Gasteiger partial charge in [-0.2, -0.15) is 0 Å². The number of halogens is 1. The molecule has 2 aromatic carbocycles. The molecule has 0 aromatic heterocycles. The molecule has 0 atom stereocenters. The van der Waals surface area contributed by atoms with Crippen molar-refractivity contribution in [2.75, 3.05) is 12.5 Å². The first-order chi connectivity index (χ1) is 12.1. The average molecular weight is 359 g/mol. The number of benzene rings is 2. The molecule has 0 radical (unpaired) electrons. The Hall–Kier alpha value is -1.47. The lowest BCUT2D eigenvalue weighted by molar-refractivity contribution is 0.304. The Labute approximate surface area is 158 Å². The highest BCUT2D eigenvalue weighted by Gasteiger charge is 2.09. The first kappa shape index (κ1) is 19.8. The van der Waals surface area contributed by atoms with Gasteiger partial charge in [0.25, 0.3) is 0 Å². The van der Waals surface area contributed by atoms with Gasteiger partial charge in [-0.1, -0.05) is 49.9 Å². The van der Waals surface area contributed by atoms with Gasteiger partial charge in [0.2, 0.25) is 0 Å². The maximum absolute atomic E-state index is 5.94. The van der Waals surface area contributed by atoms with E-state index in [-0.39, 0.29) is 0 Å². The summed E-state index contributed by atoms with van der Waals surface area (Å²) in [6, 6.07) is 13.0. The van der Waals surface area contributed by atoms with E-state index in [2.05, 4.69) is 57.2 Å². The zero-order valence-electron chi connectivity index (χ0n) is 15.9. The first-order valence-corrected chi connectivity index (χ1v) is 10.0. The van der Waals surface area contributed by atoms with Gasteiger partial charge in [-0.15, -0.1) is 11.6 Å². The van der Waals surface area contributed by atoms with Gasteiger partial charge in [0.05, 0.1) is 6.61 Å². The summed E-state index contributed by atoms with van der Waals surface area (Å²) < 4.78 is 5.94. The van der Waals surface area contributed by atoms with E-state index in [1.807, 2.05) is 0 Å². The van der Waals surface area contributed by atoms with Crippen LogP contribution in [0, 0.1) is 20.8 Å². The summed E-state index contributed by atoms with van der Waals surface area (Å²) in [5, 5.41) is 0. The lowest BCUT2D eigenvalue weighted by Crippen LogP contribution is -1.98. The zero-order valence-corrected chi connectivity index (χ0v) is 16.7. The lowest BCUT2D eigenvalue weighted by Gasteiger charge is -2.14. The van der Waals surface area contributed by atoms with Gasteiger partial charge in [-0.25, -0.2) is 0 Å². The van der Waals surface area contributed by atoms with Crippen molar-refractivity contribution in [3.63, 3.8) is 0 Å². The number of ether oxygens (including phenoxy) is 1. The van der Waals surface area contributed by atoms with Crippen molar-refractivity contribution in [3.8, 4) is 16.9 Å². The van der Waals surface area contributed by atoms with Crippen molar-refractivity contribution < 1.29 is 4.74 Å². The molecular formula is C23H31ClO. The zero-order chi connectivity index (χ0) is 18.1. The van der Waals surface area contributed by atoms with Crippen LogP contribution in [-0.4, -0.2) is 12.5 Å². The Morgan fingerprint density at radius 2 is 1.40 bits per heavy atom. The normalized spacial score (nSPS) is 10.9. The van der Waals surface area contributed by atoms with Crippen molar-refractivity contribution in [3.05, 3.63) is 53.1 Å². The van der Waals surface area contributed by atoms with Crippen LogP contribution in [0.3, 0.4) is 0 Å². The number of hydrogen-bond acceptors (Lipinski definition) is 1. The molecule has 0 spiro atoms. The molecule has 136 valence electrons. The Morgan fingerprint density at radius 3 is 2.04 bits per heavy atom. The van der Waals surface area contributed by atoms with Crippen molar-refractivity contribution in [2.24, 2.45) is 0 Å². The highest BCUT2D eigenvalue weighted by Crippen LogP contribution is 2.31. The maximum Gasteiger partial charge on any atom is 0.119 e. The van der Waals surface area contributed by atoms with E-state index in [0.717, 1.165) is 31.1 Å². The van der Waals surface area contributed by atoms with Crippen LogP contribution in [0.25, 0.3) is 11.1 Å². The smallest absolute Gasteiger partial charge is 0.119 e. The number of hydrogen-bond donors (Lipinski definition) is 0. The van der Waals surface area contributed by atoms with Gasteiger partial charge >= 0.3 is 0 Å². The molecule has 25 heavy (non-hydrogen) atoms. The molecule has 0 unspecified atom stereocenters. The van der Waals surface area contributed by atoms with Crippen molar-refractivity contribution >= 4 is 11.6 Å². The molecule has 0 N–H and O–H groups in total. The summed E-state index contributed by atoms with van der Waals surface area (Å²) >= 11 is 5.69. The summed E-state index contributed by atoms with van der Waals surface area (Å²) in [4.78, 5) is 0. The van der Waals surface area contributed by atoms with Crippen molar-refractivity contribution in [1.82, 2.24) is 0 Å². The highest BCUT2D eigenvalue weighted by molar-refractivity contribution is 6.17. The summed E-state index contributed by atoms with van der Waals surface area (Å²) in [5.41, 5.74) is 6.58. The number of alkyl halides is 1. The largest absolute Gasteiger partial charge is 0.494 e. The molecule has 0 aliphatic carbocycles. The van der Waals surface area contributed by atoms with Gasteiger partial charge in [0.15, 0.2) is 0 Å². The molecule has 0 heterocycles. The predicted molar refractivity (Wildman–Crippen MR) is 110 cm³/mol. The predicted octanol–water partition coefficient (Wildman–Crippen LogP) is 7.24. The number of aryl methyl sites for hydroxylation is 3. The van der Waals surface area contributed by atoms with Crippen LogP contribution < -0.4 is 4.74 Å². The van der Waals surface area contributed by atoms with Crippen molar-refractivity contribution in [1.29, 1.82) is 0 Å². The summed E-state index contributed by atoms with van der Waals surface area (Å²) in [7, 11) is 0.